The number of rotatable bonds is 5. The van der Waals surface area contributed by atoms with Gasteiger partial charge in [-0.25, -0.2) is 4.68 Å². The van der Waals surface area contributed by atoms with E-state index in [0.29, 0.717) is 0 Å². The first-order chi connectivity index (χ1) is 13.1. The summed E-state index contributed by atoms with van der Waals surface area (Å²) in [5.74, 6) is 0.814. The third-order valence-corrected chi connectivity index (χ3v) is 6.30. The van der Waals surface area contributed by atoms with Crippen LogP contribution in [0.25, 0.3) is 0 Å². The summed E-state index contributed by atoms with van der Waals surface area (Å²) in [4.78, 5) is 14.6. The van der Waals surface area contributed by atoms with Gasteiger partial charge in [-0.15, -0.1) is 10.2 Å². The number of aromatic nitrogens is 4. The van der Waals surface area contributed by atoms with Crippen LogP contribution in [0.4, 0.5) is 10.9 Å². The number of hydrogen-bond acceptors (Lipinski definition) is 8. The summed E-state index contributed by atoms with van der Waals surface area (Å²) < 4.78 is 1.50. The summed E-state index contributed by atoms with van der Waals surface area (Å²) >= 11 is 1.55. The highest BCUT2D eigenvalue weighted by Crippen LogP contribution is 2.29. The average molecular weight is 391 g/mol. The zero-order valence-electron chi connectivity index (χ0n) is 15.5. The summed E-state index contributed by atoms with van der Waals surface area (Å²) in [7, 11) is 0. The Kier molecular flexibility index (Phi) is 5.40. The SMILES string of the molecule is Cc1nnc(NCC2CCCCN2c2ccc(=O)n(C3CCCC3O)n2)s1. The van der Waals surface area contributed by atoms with Crippen molar-refractivity contribution < 1.29 is 5.11 Å². The maximum Gasteiger partial charge on any atom is 0.267 e. The van der Waals surface area contributed by atoms with Gasteiger partial charge in [-0.3, -0.25) is 4.79 Å². The number of piperidine rings is 1. The first-order valence-electron chi connectivity index (χ1n) is 9.70. The maximum absolute atomic E-state index is 12.3. The van der Waals surface area contributed by atoms with Gasteiger partial charge in [0.25, 0.3) is 5.56 Å². The number of hydrogen-bond donors (Lipinski definition) is 2. The van der Waals surface area contributed by atoms with E-state index in [-0.39, 0.29) is 17.6 Å². The Balaban J connectivity index is 1.53. The number of aliphatic hydroxyl groups excluding tert-OH is 1. The van der Waals surface area contributed by atoms with Crippen LogP contribution in [-0.4, -0.2) is 50.3 Å². The van der Waals surface area contributed by atoms with E-state index in [1.165, 1.54) is 11.1 Å². The van der Waals surface area contributed by atoms with Crippen LogP contribution in [0.5, 0.6) is 0 Å². The van der Waals surface area contributed by atoms with Gasteiger partial charge in [0.15, 0.2) is 0 Å². The second-order valence-corrected chi connectivity index (χ2v) is 8.57. The molecule has 0 radical (unpaired) electrons. The molecule has 4 rings (SSSR count). The second kappa shape index (κ2) is 7.93. The number of nitrogens with one attached hydrogen (secondary N) is 1. The zero-order chi connectivity index (χ0) is 18.8. The quantitative estimate of drug-likeness (QED) is 0.805. The van der Waals surface area contributed by atoms with Crippen molar-refractivity contribution in [2.24, 2.45) is 0 Å². The smallest absolute Gasteiger partial charge is 0.267 e. The Bertz CT molecular complexity index is 837. The van der Waals surface area contributed by atoms with Gasteiger partial charge in [0.2, 0.25) is 5.13 Å². The van der Waals surface area contributed by atoms with Crippen LogP contribution in [0, 0.1) is 6.92 Å². The monoisotopic (exact) mass is 390 g/mol. The van der Waals surface area contributed by atoms with Crippen molar-refractivity contribution in [3.05, 3.63) is 27.5 Å². The molecule has 0 amide bonds. The van der Waals surface area contributed by atoms with Crippen molar-refractivity contribution in [3.8, 4) is 0 Å². The van der Waals surface area contributed by atoms with Gasteiger partial charge in [0.05, 0.1) is 12.1 Å². The number of aryl methyl sites for hydroxylation is 1. The summed E-state index contributed by atoms with van der Waals surface area (Å²) in [5.41, 5.74) is -0.138. The fourth-order valence-electron chi connectivity index (χ4n) is 4.10. The van der Waals surface area contributed by atoms with Crippen LogP contribution in [0.1, 0.15) is 49.6 Å². The lowest BCUT2D eigenvalue weighted by atomic mass is 10.0. The Morgan fingerprint density at radius 1 is 1.22 bits per heavy atom. The second-order valence-electron chi connectivity index (χ2n) is 7.39. The lowest BCUT2D eigenvalue weighted by molar-refractivity contribution is 0.127. The Hall–Kier alpha value is -2.00. The van der Waals surface area contributed by atoms with Crippen molar-refractivity contribution >= 4 is 22.3 Å². The molecule has 0 spiro atoms. The molecule has 1 aliphatic carbocycles. The molecule has 1 saturated heterocycles. The van der Waals surface area contributed by atoms with Gasteiger partial charge in [0.1, 0.15) is 10.8 Å². The van der Waals surface area contributed by atoms with Crippen LogP contribution in [0.3, 0.4) is 0 Å². The van der Waals surface area contributed by atoms with E-state index in [4.69, 9.17) is 0 Å². The van der Waals surface area contributed by atoms with E-state index in [1.807, 2.05) is 13.0 Å². The third kappa shape index (κ3) is 3.98. The Labute approximate surface area is 162 Å². The highest BCUT2D eigenvalue weighted by Gasteiger charge is 2.30. The van der Waals surface area contributed by atoms with E-state index >= 15 is 0 Å². The lowest BCUT2D eigenvalue weighted by Crippen LogP contribution is -2.45. The van der Waals surface area contributed by atoms with Crippen LogP contribution >= 0.6 is 11.3 Å². The van der Waals surface area contributed by atoms with Crippen molar-refractivity contribution in [1.29, 1.82) is 0 Å². The Morgan fingerprint density at radius 2 is 2.11 bits per heavy atom. The van der Waals surface area contributed by atoms with E-state index in [2.05, 4.69) is 25.5 Å². The highest BCUT2D eigenvalue weighted by atomic mass is 32.1. The molecule has 2 aromatic rings. The van der Waals surface area contributed by atoms with Gasteiger partial charge in [-0.2, -0.15) is 5.10 Å². The molecule has 3 atom stereocenters. The molecule has 0 bridgehead atoms. The predicted molar refractivity (Wildman–Crippen MR) is 106 cm³/mol. The summed E-state index contributed by atoms with van der Waals surface area (Å²) in [6, 6.07) is 3.48. The lowest BCUT2D eigenvalue weighted by Gasteiger charge is -2.37. The fraction of sp³-hybridized carbons (Fsp3) is 0.667. The highest BCUT2D eigenvalue weighted by molar-refractivity contribution is 7.15. The first-order valence-corrected chi connectivity index (χ1v) is 10.5. The van der Waals surface area contributed by atoms with Gasteiger partial charge in [-0.1, -0.05) is 11.3 Å². The molecule has 2 N–H and O–H groups in total. The minimum atomic E-state index is -0.482. The maximum atomic E-state index is 12.3. The minimum Gasteiger partial charge on any atom is -0.391 e. The molecule has 2 aliphatic rings. The molecule has 1 aliphatic heterocycles. The minimum absolute atomic E-state index is 0.138. The molecule has 9 heteroatoms. The third-order valence-electron chi connectivity index (χ3n) is 5.51. The van der Waals surface area contributed by atoms with Gasteiger partial charge >= 0.3 is 0 Å². The molecule has 1 saturated carbocycles. The van der Waals surface area contributed by atoms with E-state index in [9.17, 15) is 9.90 Å². The Morgan fingerprint density at radius 3 is 2.85 bits per heavy atom. The van der Waals surface area contributed by atoms with Crippen molar-refractivity contribution in [1.82, 2.24) is 20.0 Å². The molecule has 3 unspecified atom stereocenters. The number of aliphatic hydroxyl groups is 1. The van der Waals surface area contributed by atoms with Crippen LogP contribution in [0.15, 0.2) is 16.9 Å². The first kappa shape index (κ1) is 18.4. The largest absolute Gasteiger partial charge is 0.391 e. The number of anilines is 2. The standard InChI is InChI=1S/C18H26N6O2S/c1-12-20-21-18(27-12)19-11-13-5-2-3-10-23(13)16-8-9-17(26)24(22-16)14-6-4-7-15(14)25/h8-9,13-15,25H,2-7,10-11H2,1H3,(H,19,21). The van der Waals surface area contributed by atoms with E-state index in [0.717, 1.165) is 61.2 Å². The molecule has 2 aromatic heterocycles. The van der Waals surface area contributed by atoms with Crippen molar-refractivity contribution in [2.75, 3.05) is 23.3 Å². The molecule has 3 heterocycles. The average Bonchev–Trinajstić information content (AvgIpc) is 3.29. The van der Waals surface area contributed by atoms with Gasteiger partial charge in [0, 0.05) is 25.2 Å². The van der Waals surface area contributed by atoms with E-state index in [1.54, 1.807) is 17.4 Å². The van der Waals surface area contributed by atoms with Crippen molar-refractivity contribution in [2.45, 2.75) is 63.6 Å². The molecule has 2 fully saturated rings. The molecule has 146 valence electrons. The zero-order valence-corrected chi connectivity index (χ0v) is 16.4. The van der Waals surface area contributed by atoms with Gasteiger partial charge in [-0.05, 0) is 51.5 Å². The topological polar surface area (TPSA) is 96.2 Å². The summed E-state index contributed by atoms with van der Waals surface area (Å²) in [6.45, 7) is 3.63. The molecule has 0 aromatic carbocycles. The van der Waals surface area contributed by atoms with Crippen LogP contribution in [-0.2, 0) is 0 Å². The summed E-state index contributed by atoms with van der Waals surface area (Å²) in [5, 5.41) is 28.2. The molecular formula is C18H26N6O2S. The van der Waals surface area contributed by atoms with Gasteiger partial charge < -0.3 is 15.3 Å². The molecule has 27 heavy (non-hydrogen) atoms. The summed E-state index contributed by atoms with van der Waals surface area (Å²) in [6.07, 6.45) is 5.35. The fourth-order valence-corrected chi connectivity index (χ4v) is 4.70. The van der Waals surface area contributed by atoms with E-state index < -0.39 is 6.10 Å². The van der Waals surface area contributed by atoms with Crippen LogP contribution < -0.4 is 15.8 Å². The molecular weight excluding hydrogens is 364 g/mol. The van der Waals surface area contributed by atoms with Crippen LogP contribution in [0.2, 0.25) is 0 Å². The predicted octanol–water partition coefficient (Wildman–Crippen LogP) is 1.96. The van der Waals surface area contributed by atoms with Crippen molar-refractivity contribution in [3.63, 3.8) is 0 Å². The molecule has 8 nitrogen and oxygen atoms in total. The normalized spacial score (nSPS) is 25.7. The number of nitrogens with zero attached hydrogens (tertiary/aromatic N) is 5.